The summed E-state index contributed by atoms with van der Waals surface area (Å²) in [5, 5.41) is 9.08. The Balaban J connectivity index is 2.71. The summed E-state index contributed by atoms with van der Waals surface area (Å²) in [6.45, 7) is 0.136. The minimum Gasteiger partial charge on any atom is -0.395 e. The second-order valence-electron chi connectivity index (χ2n) is 3.34. The van der Waals surface area contributed by atoms with Crippen molar-refractivity contribution >= 4 is 37.3 Å². The number of thiophene rings is 1. The Kier molecular flexibility index (Phi) is 6.04. The molecule has 0 fully saturated rings. The maximum absolute atomic E-state index is 11.9. The molecule has 0 aliphatic heterocycles. The highest BCUT2D eigenvalue weighted by molar-refractivity contribution is 9.11. The molecule has 0 spiro atoms. The molecule has 1 atom stereocenters. The standard InChI is InChI=1S/C9H14BrNO4S2/c1-15-5-4-7(6-12)11-17(13,14)9-3-2-8(10)16-9/h2-3,7,11-12H,4-6H2,1H3. The molecule has 0 aromatic carbocycles. The van der Waals surface area contributed by atoms with Gasteiger partial charge >= 0.3 is 0 Å². The minimum atomic E-state index is -3.56. The second kappa shape index (κ2) is 6.81. The zero-order valence-corrected chi connectivity index (χ0v) is 12.4. The number of aliphatic hydroxyl groups excluding tert-OH is 1. The lowest BCUT2D eigenvalue weighted by molar-refractivity contribution is 0.166. The molecule has 0 saturated heterocycles. The van der Waals surface area contributed by atoms with Gasteiger partial charge in [0, 0.05) is 19.8 Å². The number of halogens is 1. The number of nitrogens with one attached hydrogen (secondary N) is 1. The summed E-state index contributed by atoms with van der Waals surface area (Å²) in [6, 6.07) is 2.66. The first-order chi connectivity index (χ1) is 7.99. The molecule has 98 valence electrons. The molecule has 0 amide bonds. The first kappa shape index (κ1) is 15.1. The Morgan fingerprint density at radius 3 is 2.76 bits per heavy atom. The predicted octanol–water partition coefficient (Wildman–Crippen LogP) is 1.19. The molecule has 0 saturated carbocycles. The van der Waals surface area contributed by atoms with Gasteiger partial charge in [0.2, 0.25) is 10.0 Å². The van der Waals surface area contributed by atoms with Crippen LogP contribution in [0.1, 0.15) is 6.42 Å². The second-order valence-corrected chi connectivity index (χ2v) is 7.74. The normalized spacial score (nSPS) is 13.8. The van der Waals surface area contributed by atoms with Gasteiger partial charge in [-0.25, -0.2) is 13.1 Å². The molecule has 1 aromatic rings. The molecule has 0 radical (unpaired) electrons. The largest absolute Gasteiger partial charge is 0.395 e. The quantitative estimate of drug-likeness (QED) is 0.779. The molecule has 1 heterocycles. The number of hydrogen-bond donors (Lipinski definition) is 2. The predicted molar refractivity (Wildman–Crippen MR) is 69.7 cm³/mol. The number of aliphatic hydroxyl groups is 1. The number of ether oxygens (including phenoxy) is 1. The van der Waals surface area contributed by atoms with Crippen molar-refractivity contribution in [2.75, 3.05) is 20.3 Å². The van der Waals surface area contributed by atoms with Gasteiger partial charge in [-0.1, -0.05) is 0 Å². The number of sulfonamides is 1. The van der Waals surface area contributed by atoms with Crippen molar-refractivity contribution in [3.05, 3.63) is 15.9 Å². The smallest absolute Gasteiger partial charge is 0.250 e. The van der Waals surface area contributed by atoms with E-state index in [1.54, 1.807) is 6.07 Å². The Labute approximate surface area is 113 Å². The fourth-order valence-electron chi connectivity index (χ4n) is 1.17. The van der Waals surface area contributed by atoms with Crippen LogP contribution in [0.25, 0.3) is 0 Å². The van der Waals surface area contributed by atoms with Gasteiger partial charge in [0.25, 0.3) is 0 Å². The van der Waals surface area contributed by atoms with E-state index in [0.29, 0.717) is 13.0 Å². The van der Waals surface area contributed by atoms with Crippen molar-refractivity contribution in [2.24, 2.45) is 0 Å². The Hall–Kier alpha value is 0.01000. The summed E-state index contributed by atoms with van der Waals surface area (Å²) >= 11 is 4.33. The van der Waals surface area contributed by atoms with Gasteiger partial charge in [-0.15, -0.1) is 11.3 Å². The lowest BCUT2D eigenvalue weighted by Crippen LogP contribution is -2.37. The maximum atomic E-state index is 11.9. The highest BCUT2D eigenvalue weighted by atomic mass is 79.9. The van der Waals surface area contributed by atoms with Crippen molar-refractivity contribution in [1.29, 1.82) is 0 Å². The molecule has 0 aliphatic carbocycles. The Morgan fingerprint density at radius 2 is 2.29 bits per heavy atom. The van der Waals surface area contributed by atoms with Crippen LogP contribution in [0.2, 0.25) is 0 Å². The van der Waals surface area contributed by atoms with Crippen molar-refractivity contribution in [3.63, 3.8) is 0 Å². The van der Waals surface area contributed by atoms with E-state index < -0.39 is 16.1 Å². The van der Waals surface area contributed by atoms with E-state index in [0.717, 1.165) is 15.1 Å². The summed E-state index contributed by atoms with van der Waals surface area (Å²) in [6.07, 6.45) is 0.429. The van der Waals surface area contributed by atoms with Crippen LogP contribution in [0.5, 0.6) is 0 Å². The van der Waals surface area contributed by atoms with Gasteiger partial charge in [-0.3, -0.25) is 0 Å². The first-order valence-electron chi connectivity index (χ1n) is 4.87. The van der Waals surface area contributed by atoms with Gasteiger partial charge in [0.05, 0.1) is 10.4 Å². The Bertz CT molecular complexity index is 446. The molecule has 0 aliphatic rings. The molecule has 1 aromatic heterocycles. The summed E-state index contributed by atoms with van der Waals surface area (Å²) in [5.41, 5.74) is 0. The van der Waals surface area contributed by atoms with Crippen molar-refractivity contribution < 1.29 is 18.3 Å². The molecular formula is C9H14BrNO4S2. The monoisotopic (exact) mass is 343 g/mol. The van der Waals surface area contributed by atoms with E-state index in [1.807, 2.05) is 0 Å². The van der Waals surface area contributed by atoms with Crippen LogP contribution >= 0.6 is 27.3 Å². The van der Waals surface area contributed by atoms with Crippen LogP contribution in [0.15, 0.2) is 20.1 Å². The Morgan fingerprint density at radius 1 is 1.59 bits per heavy atom. The highest BCUT2D eigenvalue weighted by Crippen LogP contribution is 2.26. The number of rotatable bonds is 7. The van der Waals surface area contributed by atoms with Crippen molar-refractivity contribution in [3.8, 4) is 0 Å². The molecule has 8 heteroatoms. The lowest BCUT2D eigenvalue weighted by Gasteiger charge is -2.14. The van der Waals surface area contributed by atoms with E-state index in [2.05, 4.69) is 20.7 Å². The van der Waals surface area contributed by atoms with Crippen LogP contribution < -0.4 is 4.72 Å². The molecule has 17 heavy (non-hydrogen) atoms. The fourth-order valence-corrected chi connectivity index (χ4v) is 4.46. The lowest BCUT2D eigenvalue weighted by atomic mass is 10.2. The van der Waals surface area contributed by atoms with Crippen LogP contribution in [0, 0.1) is 0 Å². The third kappa shape index (κ3) is 4.65. The van der Waals surface area contributed by atoms with Gasteiger partial charge in [-0.2, -0.15) is 0 Å². The molecule has 5 nitrogen and oxygen atoms in total. The van der Waals surface area contributed by atoms with Crippen molar-refractivity contribution in [2.45, 2.75) is 16.7 Å². The summed E-state index contributed by atoms with van der Waals surface area (Å²) in [4.78, 5) is 0. The fraction of sp³-hybridized carbons (Fsp3) is 0.556. The van der Waals surface area contributed by atoms with E-state index in [1.165, 1.54) is 13.2 Å². The van der Waals surface area contributed by atoms with Gasteiger partial charge in [0.15, 0.2) is 0 Å². The van der Waals surface area contributed by atoms with E-state index in [4.69, 9.17) is 9.84 Å². The average Bonchev–Trinajstić information content (AvgIpc) is 2.71. The molecule has 1 unspecified atom stereocenters. The molecule has 2 N–H and O–H groups in total. The molecular weight excluding hydrogens is 330 g/mol. The maximum Gasteiger partial charge on any atom is 0.250 e. The minimum absolute atomic E-state index is 0.222. The summed E-state index contributed by atoms with van der Waals surface area (Å²) in [7, 11) is -2.03. The zero-order chi connectivity index (χ0) is 12.9. The molecule has 1 rings (SSSR count). The van der Waals surface area contributed by atoms with E-state index >= 15 is 0 Å². The van der Waals surface area contributed by atoms with Gasteiger partial charge in [-0.05, 0) is 34.5 Å². The number of hydrogen-bond acceptors (Lipinski definition) is 5. The van der Waals surface area contributed by atoms with Crippen LogP contribution in [0.3, 0.4) is 0 Å². The topological polar surface area (TPSA) is 75.6 Å². The number of methoxy groups -OCH3 is 1. The first-order valence-corrected chi connectivity index (χ1v) is 7.96. The summed E-state index contributed by atoms with van der Waals surface area (Å²) < 4.78 is 32.1. The third-order valence-electron chi connectivity index (χ3n) is 2.03. The van der Waals surface area contributed by atoms with Crippen molar-refractivity contribution in [1.82, 2.24) is 4.72 Å². The van der Waals surface area contributed by atoms with Gasteiger partial charge in [0.1, 0.15) is 4.21 Å². The SMILES string of the molecule is COCCC(CO)NS(=O)(=O)c1ccc(Br)s1. The molecule has 0 bridgehead atoms. The van der Waals surface area contributed by atoms with E-state index in [9.17, 15) is 8.42 Å². The third-order valence-corrected chi connectivity index (χ3v) is 5.66. The van der Waals surface area contributed by atoms with Crippen LogP contribution in [0.4, 0.5) is 0 Å². The van der Waals surface area contributed by atoms with Crippen LogP contribution in [-0.4, -0.2) is 39.9 Å². The van der Waals surface area contributed by atoms with Crippen LogP contribution in [-0.2, 0) is 14.8 Å². The summed E-state index contributed by atoms with van der Waals surface area (Å²) in [5.74, 6) is 0. The van der Waals surface area contributed by atoms with Gasteiger partial charge < -0.3 is 9.84 Å². The van der Waals surface area contributed by atoms with E-state index in [-0.39, 0.29) is 10.8 Å². The highest BCUT2D eigenvalue weighted by Gasteiger charge is 2.21. The zero-order valence-electron chi connectivity index (χ0n) is 9.22. The average molecular weight is 344 g/mol.